The van der Waals surface area contributed by atoms with Crippen LogP contribution in [0.25, 0.3) is 0 Å². The molecule has 2 heterocycles. The first-order valence-corrected chi connectivity index (χ1v) is 13.2. The Balaban J connectivity index is 1.22. The van der Waals surface area contributed by atoms with Crippen molar-refractivity contribution < 1.29 is 13.2 Å². The lowest BCUT2D eigenvalue weighted by molar-refractivity contribution is 0.0955. The number of nitrogens with zero attached hydrogens (tertiary/aromatic N) is 4. The van der Waals surface area contributed by atoms with Gasteiger partial charge in [-0.05, 0) is 67.6 Å². The zero-order valence-electron chi connectivity index (χ0n) is 18.8. The lowest BCUT2D eigenvalue weighted by atomic mass is 9.91. The molecular weight excluding hydrogens is 474 g/mol. The standard InChI is InChI=1S/C24H28ClN5O3S/c25-22-4-2-1-3-20(22)17-29-13-11-18(12-14-29)7-10-24(31)23-15-27-30(28-23)16-19-5-8-21(9-6-19)34(26,32)33/h1-6,8-9,15,18H,7,10-14,16-17H2,(H2,26,32,33). The van der Waals surface area contributed by atoms with Crippen LogP contribution < -0.4 is 5.14 Å². The van der Waals surface area contributed by atoms with Crippen molar-refractivity contribution in [3.63, 3.8) is 0 Å². The van der Waals surface area contributed by atoms with E-state index in [0.717, 1.165) is 55.0 Å². The van der Waals surface area contributed by atoms with Crippen molar-refractivity contribution in [2.45, 2.75) is 43.7 Å². The highest BCUT2D eigenvalue weighted by Gasteiger charge is 2.21. The summed E-state index contributed by atoms with van der Waals surface area (Å²) in [4.78, 5) is 16.5. The second-order valence-corrected chi connectivity index (χ2v) is 10.7. The van der Waals surface area contributed by atoms with Crippen molar-refractivity contribution in [1.29, 1.82) is 0 Å². The van der Waals surface area contributed by atoms with Crippen LogP contribution in [0.1, 0.15) is 47.3 Å². The number of Topliss-reactive ketones (excluding diaryl/α,β-unsaturated/α-hetero) is 1. The molecule has 1 aliphatic rings. The average Bonchev–Trinajstić information content (AvgIpc) is 3.28. The van der Waals surface area contributed by atoms with E-state index in [1.807, 2.05) is 18.2 Å². The Bertz CT molecular complexity index is 1240. The number of likely N-dealkylation sites (tertiary alicyclic amines) is 1. The Morgan fingerprint density at radius 1 is 1.06 bits per heavy atom. The minimum Gasteiger partial charge on any atom is -0.299 e. The molecule has 1 fully saturated rings. The molecule has 2 N–H and O–H groups in total. The van der Waals surface area contributed by atoms with E-state index in [1.54, 1.807) is 12.1 Å². The zero-order valence-corrected chi connectivity index (χ0v) is 20.4. The highest BCUT2D eigenvalue weighted by molar-refractivity contribution is 7.89. The lowest BCUT2D eigenvalue weighted by Gasteiger charge is -2.32. The van der Waals surface area contributed by atoms with Crippen LogP contribution in [0, 0.1) is 5.92 Å². The third-order valence-electron chi connectivity index (χ3n) is 6.24. The van der Waals surface area contributed by atoms with Gasteiger partial charge >= 0.3 is 0 Å². The number of primary sulfonamides is 1. The van der Waals surface area contributed by atoms with Crippen LogP contribution in [-0.2, 0) is 23.1 Å². The zero-order chi connectivity index (χ0) is 24.1. The van der Waals surface area contributed by atoms with Crippen molar-refractivity contribution in [3.05, 3.63) is 76.6 Å². The number of hydrogen-bond donors (Lipinski definition) is 1. The van der Waals surface area contributed by atoms with Crippen LogP contribution >= 0.6 is 11.6 Å². The normalized spacial score (nSPS) is 15.5. The summed E-state index contributed by atoms with van der Waals surface area (Å²) < 4.78 is 22.7. The molecule has 10 heteroatoms. The molecule has 0 unspecified atom stereocenters. The minimum absolute atomic E-state index is 0.00526. The van der Waals surface area contributed by atoms with Gasteiger partial charge in [-0.15, -0.1) is 5.10 Å². The Labute approximate surface area is 204 Å². The highest BCUT2D eigenvalue weighted by Crippen LogP contribution is 2.25. The molecule has 0 atom stereocenters. The molecule has 8 nitrogen and oxygen atoms in total. The smallest absolute Gasteiger partial charge is 0.238 e. The monoisotopic (exact) mass is 501 g/mol. The summed E-state index contributed by atoms with van der Waals surface area (Å²) in [6.45, 7) is 3.20. The van der Waals surface area contributed by atoms with Gasteiger partial charge in [0.2, 0.25) is 10.0 Å². The molecule has 180 valence electrons. The number of ketones is 1. The largest absolute Gasteiger partial charge is 0.299 e. The second kappa shape index (κ2) is 10.8. The first-order chi connectivity index (χ1) is 16.3. The second-order valence-electron chi connectivity index (χ2n) is 8.72. The molecular formula is C24H28ClN5O3S. The first kappa shape index (κ1) is 24.5. The predicted octanol–water partition coefficient (Wildman–Crippen LogP) is 3.50. The van der Waals surface area contributed by atoms with E-state index in [1.165, 1.54) is 23.1 Å². The molecule has 4 rings (SSSR count). The van der Waals surface area contributed by atoms with Crippen LogP contribution in [0.5, 0.6) is 0 Å². The molecule has 1 aromatic heterocycles. The maximum atomic E-state index is 12.6. The molecule has 3 aromatic rings. The summed E-state index contributed by atoms with van der Waals surface area (Å²) >= 11 is 6.28. The lowest BCUT2D eigenvalue weighted by Crippen LogP contribution is -2.33. The highest BCUT2D eigenvalue weighted by atomic mass is 35.5. The topological polar surface area (TPSA) is 111 Å². The molecule has 1 aliphatic heterocycles. The fraction of sp³-hybridized carbons (Fsp3) is 0.375. The Kier molecular flexibility index (Phi) is 7.77. The van der Waals surface area contributed by atoms with E-state index in [0.29, 0.717) is 24.6 Å². The fourth-order valence-electron chi connectivity index (χ4n) is 4.21. The van der Waals surface area contributed by atoms with Gasteiger partial charge in [0.1, 0.15) is 5.69 Å². The number of nitrogens with two attached hydrogens (primary N) is 1. The van der Waals surface area contributed by atoms with E-state index < -0.39 is 10.0 Å². The van der Waals surface area contributed by atoms with E-state index in [-0.39, 0.29) is 10.7 Å². The molecule has 0 spiro atoms. The van der Waals surface area contributed by atoms with Gasteiger partial charge in [0.05, 0.1) is 17.6 Å². The molecule has 0 aliphatic carbocycles. The van der Waals surface area contributed by atoms with Crippen molar-refractivity contribution in [2.75, 3.05) is 13.1 Å². The summed E-state index contributed by atoms with van der Waals surface area (Å²) in [5.41, 5.74) is 2.32. The maximum Gasteiger partial charge on any atom is 0.238 e. The fourth-order valence-corrected chi connectivity index (χ4v) is 4.92. The number of benzene rings is 2. The van der Waals surface area contributed by atoms with Gasteiger partial charge in [0.15, 0.2) is 5.78 Å². The van der Waals surface area contributed by atoms with Crippen molar-refractivity contribution >= 4 is 27.4 Å². The van der Waals surface area contributed by atoms with Crippen LogP contribution in [0.2, 0.25) is 5.02 Å². The molecule has 0 bridgehead atoms. The van der Waals surface area contributed by atoms with E-state index >= 15 is 0 Å². The Hall–Kier alpha value is -2.59. The van der Waals surface area contributed by atoms with Gasteiger partial charge < -0.3 is 0 Å². The van der Waals surface area contributed by atoms with E-state index in [2.05, 4.69) is 21.2 Å². The quantitative estimate of drug-likeness (QED) is 0.449. The van der Waals surface area contributed by atoms with Crippen molar-refractivity contribution in [2.24, 2.45) is 11.1 Å². The molecule has 0 saturated carbocycles. The van der Waals surface area contributed by atoms with E-state index in [9.17, 15) is 13.2 Å². The number of carbonyl (C=O) groups is 1. The van der Waals surface area contributed by atoms with Crippen molar-refractivity contribution in [1.82, 2.24) is 19.9 Å². The van der Waals surface area contributed by atoms with Gasteiger partial charge in [-0.25, -0.2) is 13.6 Å². The van der Waals surface area contributed by atoms with Gasteiger partial charge in [0, 0.05) is 18.0 Å². The number of halogens is 1. The summed E-state index contributed by atoms with van der Waals surface area (Å²) in [6.07, 6.45) is 4.93. The molecule has 0 amide bonds. The number of rotatable bonds is 9. The van der Waals surface area contributed by atoms with Crippen LogP contribution in [-0.4, -0.2) is 47.2 Å². The summed E-state index contributed by atoms with van der Waals surface area (Å²) in [7, 11) is -3.73. The van der Waals surface area contributed by atoms with Gasteiger partial charge in [-0.2, -0.15) is 9.90 Å². The summed E-state index contributed by atoms with van der Waals surface area (Å²) in [5.74, 6) is 0.521. The first-order valence-electron chi connectivity index (χ1n) is 11.3. The summed E-state index contributed by atoms with van der Waals surface area (Å²) in [5, 5.41) is 14.4. The number of piperidine rings is 1. The SMILES string of the molecule is NS(=O)(=O)c1ccc(Cn2ncc(C(=O)CCC3CCN(Cc4ccccc4Cl)CC3)n2)cc1. The average molecular weight is 502 g/mol. The van der Waals surface area contributed by atoms with Crippen molar-refractivity contribution in [3.8, 4) is 0 Å². The molecule has 34 heavy (non-hydrogen) atoms. The third kappa shape index (κ3) is 6.50. The number of aromatic nitrogens is 3. The molecule has 2 aromatic carbocycles. The predicted molar refractivity (Wildman–Crippen MR) is 130 cm³/mol. The van der Waals surface area contributed by atoms with Gasteiger partial charge in [0.25, 0.3) is 0 Å². The van der Waals surface area contributed by atoms with Crippen LogP contribution in [0.15, 0.2) is 59.6 Å². The Morgan fingerprint density at radius 2 is 1.76 bits per heavy atom. The van der Waals surface area contributed by atoms with Gasteiger partial charge in [-0.3, -0.25) is 9.69 Å². The number of sulfonamides is 1. The number of carbonyl (C=O) groups excluding carboxylic acids is 1. The van der Waals surface area contributed by atoms with Crippen LogP contribution in [0.4, 0.5) is 0 Å². The molecule has 0 radical (unpaired) electrons. The number of hydrogen-bond acceptors (Lipinski definition) is 6. The summed E-state index contributed by atoms with van der Waals surface area (Å²) in [6, 6.07) is 14.2. The Morgan fingerprint density at radius 3 is 2.44 bits per heavy atom. The van der Waals surface area contributed by atoms with E-state index in [4.69, 9.17) is 16.7 Å². The third-order valence-corrected chi connectivity index (χ3v) is 7.53. The van der Waals surface area contributed by atoms with Gasteiger partial charge in [-0.1, -0.05) is 41.9 Å². The maximum absolute atomic E-state index is 12.6. The molecule has 1 saturated heterocycles. The minimum atomic E-state index is -3.73. The van der Waals surface area contributed by atoms with Crippen LogP contribution in [0.3, 0.4) is 0 Å².